The third-order valence-corrected chi connectivity index (χ3v) is 2.33. The van der Waals surface area contributed by atoms with Gasteiger partial charge in [-0.3, -0.25) is 0 Å². The lowest BCUT2D eigenvalue weighted by atomic mass is 10.2. The van der Waals surface area contributed by atoms with Crippen LogP contribution >= 0.6 is 23.2 Å². The number of halogens is 3. The molecule has 0 radical (unpaired) electrons. The van der Waals surface area contributed by atoms with Crippen LogP contribution in [0.5, 0.6) is 5.75 Å². The van der Waals surface area contributed by atoms with Gasteiger partial charge in [0.1, 0.15) is 6.61 Å². The molecule has 1 rings (SSSR count). The monoisotopic (exact) mass is 249 g/mol. The molecule has 1 aromatic carbocycles. The van der Waals surface area contributed by atoms with Crippen molar-refractivity contribution in [3.05, 3.63) is 40.1 Å². The summed E-state index contributed by atoms with van der Waals surface area (Å²) in [5.41, 5.74) is 7.20. The smallest absolute Gasteiger partial charge is 0.165 e. The molecular weight excluding hydrogens is 240 g/mol. The molecule has 2 N–H and O–H groups in total. The van der Waals surface area contributed by atoms with Crippen molar-refractivity contribution in [2.45, 2.75) is 6.54 Å². The molecule has 0 amide bonds. The summed E-state index contributed by atoms with van der Waals surface area (Å²) in [6.07, 6.45) is 0. The van der Waals surface area contributed by atoms with E-state index in [2.05, 4.69) is 0 Å². The standard InChI is InChI=1S/C10H10Cl2FNO/c11-4-8(12)6-15-10-7(5-14)2-1-3-9(10)13/h1-4H,5-6,14H2/b8-4-. The Kier molecular flexibility index (Phi) is 4.88. The SMILES string of the molecule is NCc1cccc(F)c1OC/C(Cl)=C/Cl. The first-order chi connectivity index (χ1) is 7.19. The minimum Gasteiger partial charge on any atom is -0.485 e. The largest absolute Gasteiger partial charge is 0.485 e. The molecule has 0 saturated heterocycles. The van der Waals surface area contributed by atoms with Crippen LogP contribution in [0.4, 0.5) is 4.39 Å². The lowest BCUT2D eigenvalue weighted by Gasteiger charge is -2.10. The third-order valence-electron chi connectivity index (χ3n) is 1.74. The summed E-state index contributed by atoms with van der Waals surface area (Å²) >= 11 is 11.0. The van der Waals surface area contributed by atoms with E-state index in [1.807, 2.05) is 0 Å². The first kappa shape index (κ1) is 12.3. The van der Waals surface area contributed by atoms with Crippen molar-refractivity contribution in [1.82, 2.24) is 0 Å². The number of rotatable bonds is 4. The predicted octanol–water partition coefficient (Wildman–Crippen LogP) is 2.98. The molecule has 0 fully saturated rings. The number of nitrogens with two attached hydrogens (primary N) is 1. The van der Waals surface area contributed by atoms with Crippen molar-refractivity contribution in [1.29, 1.82) is 0 Å². The number of para-hydroxylation sites is 1. The molecular formula is C10H10Cl2FNO. The highest BCUT2D eigenvalue weighted by atomic mass is 35.5. The number of ether oxygens (including phenoxy) is 1. The first-order valence-electron chi connectivity index (χ1n) is 4.24. The van der Waals surface area contributed by atoms with Crippen molar-refractivity contribution >= 4 is 23.2 Å². The normalized spacial score (nSPS) is 11.6. The summed E-state index contributed by atoms with van der Waals surface area (Å²) in [6.45, 7) is 0.230. The van der Waals surface area contributed by atoms with Crippen LogP contribution in [-0.2, 0) is 6.54 Å². The maximum absolute atomic E-state index is 13.3. The van der Waals surface area contributed by atoms with Crippen LogP contribution in [0, 0.1) is 5.82 Å². The van der Waals surface area contributed by atoms with Gasteiger partial charge in [-0.15, -0.1) is 0 Å². The second kappa shape index (κ2) is 5.95. The summed E-state index contributed by atoms with van der Waals surface area (Å²) in [6, 6.07) is 4.56. The first-order valence-corrected chi connectivity index (χ1v) is 5.05. The van der Waals surface area contributed by atoms with Gasteiger partial charge in [0.2, 0.25) is 0 Å². The Hall–Kier alpha value is -0.770. The molecule has 82 valence electrons. The van der Waals surface area contributed by atoms with Gasteiger partial charge in [-0.05, 0) is 6.07 Å². The van der Waals surface area contributed by atoms with Crippen molar-refractivity contribution in [3.8, 4) is 5.75 Å². The Bertz CT molecular complexity index is 368. The molecule has 0 saturated carbocycles. The van der Waals surface area contributed by atoms with Gasteiger partial charge in [0, 0.05) is 17.6 Å². The van der Waals surface area contributed by atoms with Crippen LogP contribution in [0.1, 0.15) is 5.56 Å². The topological polar surface area (TPSA) is 35.2 Å². The van der Waals surface area contributed by atoms with Crippen molar-refractivity contribution in [2.24, 2.45) is 5.73 Å². The summed E-state index contributed by atoms with van der Waals surface area (Å²) in [7, 11) is 0. The van der Waals surface area contributed by atoms with Crippen LogP contribution in [0.2, 0.25) is 0 Å². The van der Waals surface area contributed by atoms with Crippen LogP contribution < -0.4 is 10.5 Å². The molecule has 15 heavy (non-hydrogen) atoms. The van der Waals surface area contributed by atoms with Crippen molar-refractivity contribution < 1.29 is 9.13 Å². The molecule has 5 heteroatoms. The van der Waals surface area contributed by atoms with E-state index in [1.165, 1.54) is 11.6 Å². The van der Waals surface area contributed by atoms with Gasteiger partial charge < -0.3 is 10.5 Å². The molecule has 0 aromatic heterocycles. The van der Waals surface area contributed by atoms with Gasteiger partial charge in [0.15, 0.2) is 11.6 Å². The summed E-state index contributed by atoms with van der Waals surface area (Å²) in [5.74, 6) is -0.339. The van der Waals surface area contributed by atoms with E-state index >= 15 is 0 Å². The fourth-order valence-electron chi connectivity index (χ4n) is 1.05. The van der Waals surface area contributed by atoms with Gasteiger partial charge >= 0.3 is 0 Å². The average Bonchev–Trinajstić information content (AvgIpc) is 2.26. The minimum atomic E-state index is -0.461. The Labute approximate surface area is 97.4 Å². The third kappa shape index (κ3) is 3.38. The zero-order chi connectivity index (χ0) is 11.3. The molecule has 0 atom stereocenters. The van der Waals surface area contributed by atoms with Crippen LogP contribution in [-0.4, -0.2) is 6.61 Å². The van der Waals surface area contributed by atoms with Gasteiger partial charge in [0.25, 0.3) is 0 Å². The quantitative estimate of drug-likeness (QED) is 0.891. The summed E-state index contributed by atoms with van der Waals surface area (Å²) in [4.78, 5) is 0. The fraction of sp³-hybridized carbons (Fsp3) is 0.200. The Morgan fingerprint density at radius 1 is 1.53 bits per heavy atom. The summed E-state index contributed by atoms with van der Waals surface area (Å²) < 4.78 is 18.5. The van der Waals surface area contributed by atoms with E-state index in [4.69, 9.17) is 33.7 Å². The van der Waals surface area contributed by atoms with Gasteiger partial charge in [-0.2, -0.15) is 0 Å². The Morgan fingerprint density at radius 3 is 2.87 bits per heavy atom. The van der Waals surface area contributed by atoms with Gasteiger partial charge in [0.05, 0.1) is 5.03 Å². The lowest BCUT2D eigenvalue weighted by molar-refractivity contribution is 0.334. The highest BCUT2D eigenvalue weighted by Crippen LogP contribution is 2.23. The van der Waals surface area contributed by atoms with E-state index in [0.717, 1.165) is 0 Å². The lowest BCUT2D eigenvalue weighted by Crippen LogP contribution is -2.05. The van der Waals surface area contributed by atoms with Crippen molar-refractivity contribution in [2.75, 3.05) is 6.61 Å². The predicted molar refractivity (Wildman–Crippen MR) is 59.6 cm³/mol. The molecule has 0 heterocycles. The summed E-state index contributed by atoms with van der Waals surface area (Å²) in [5, 5.41) is 0.294. The molecule has 2 nitrogen and oxygen atoms in total. The molecule has 0 aliphatic rings. The number of hydrogen-bond acceptors (Lipinski definition) is 2. The van der Waals surface area contributed by atoms with Crippen LogP contribution in [0.15, 0.2) is 28.8 Å². The second-order valence-electron chi connectivity index (χ2n) is 2.78. The van der Waals surface area contributed by atoms with E-state index in [9.17, 15) is 4.39 Å². The van der Waals surface area contributed by atoms with Gasteiger partial charge in [-0.25, -0.2) is 4.39 Å². The van der Waals surface area contributed by atoms with E-state index < -0.39 is 5.82 Å². The maximum atomic E-state index is 13.3. The second-order valence-corrected chi connectivity index (χ2v) is 3.48. The number of benzene rings is 1. The van der Waals surface area contributed by atoms with Crippen molar-refractivity contribution in [3.63, 3.8) is 0 Å². The fourth-order valence-corrected chi connectivity index (χ4v) is 1.17. The van der Waals surface area contributed by atoms with Gasteiger partial charge in [-0.1, -0.05) is 35.3 Å². The Balaban J connectivity index is 2.83. The highest BCUT2D eigenvalue weighted by Gasteiger charge is 2.08. The van der Waals surface area contributed by atoms with Crippen LogP contribution in [0.25, 0.3) is 0 Å². The van der Waals surface area contributed by atoms with E-state index in [0.29, 0.717) is 10.6 Å². The number of hydrogen-bond donors (Lipinski definition) is 1. The van der Waals surface area contributed by atoms with E-state index in [1.54, 1.807) is 12.1 Å². The minimum absolute atomic E-state index is 0.0268. The maximum Gasteiger partial charge on any atom is 0.165 e. The van der Waals surface area contributed by atoms with Crippen LogP contribution in [0.3, 0.4) is 0 Å². The van der Waals surface area contributed by atoms with E-state index in [-0.39, 0.29) is 18.9 Å². The molecule has 0 aliphatic heterocycles. The Morgan fingerprint density at radius 2 is 2.27 bits per heavy atom. The zero-order valence-electron chi connectivity index (χ0n) is 7.84. The molecule has 0 bridgehead atoms. The molecule has 0 unspecified atom stereocenters. The zero-order valence-corrected chi connectivity index (χ0v) is 9.35. The molecule has 0 spiro atoms. The molecule has 0 aliphatic carbocycles. The molecule has 1 aromatic rings. The average molecular weight is 250 g/mol. The highest BCUT2D eigenvalue weighted by molar-refractivity contribution is 6.36.